The molecule has 4 aromatic carbocycles. The molecule has 0 unspecified atom stereocenters. The van der Waals surface area contributed by atoms with Crippen LogP contribution in [0, 0.1) is 18.2 Å². The Morgan fingerprint density at radius 3 is 0.966 bits per heavy atom. The number of halogens is 3. The number of pyridine rings is 3. The maximum Gasteiger partial charge on any atom is 3.00 e. The number of aromatic nitrogens is 3. The number of nitrogens with zero attached hydrogens (tertiary/aromatic N) is 6. The Morgan fingerprint density at radius 2 is 0.741 bits per heavy atom. The van der Waals surface area contributed by atoms with Crippen LogP contribution in [0.2, 0.25) is 0 Å². The topological polar surface area (TPSA) is 99.6 Å². The van der Waals surface area contributed by atoms with Crippen molar-refractivity contribution in [1.29, 1.82) is 0 Å². The number of hydrogen-bond donors (Lipinski definition) is 0. The fourth-order valence-electron chi connectivity index (χ4n) is 5.95. The number of carbonyl (C=O) groups is 3. The zero-order valence-electron chi connectivity index (χ0n) is 31.0. The third-order valence-corrected chi connectivity index (χ3v) is 11.1. The molecule has 13 heteroatoms. The van der Waals surface area contributed by atoms with Crippen molar-refractivity contribution in [3.63, 3.8) is 0 Å². The van der Waals surface area contributed by atoms with E-state index in [0.717, 1.165) is 33.8 Å². The fraction of sp³-hybridized carbons (Fsp3) is 0.0667. The van der Waals surface area contributed by atoms with Gasteiger partial charge in [-0.1, -0.05) is 97.6 Å². The number of carbonyl (C=O) groups excluding carboxylic acids is 3. The van der Waals surface area contributed by atoms with Crippen LogP contribution in [0.3, 0.4) is 0 Å². The van der Waals surface area contributed by atoms with Crippen LogP contribution in [-0.4, -0.2) is 53.8 Å². The Balaban J connectivity index is 0.00000567. The Kier molecular flexibility index (Phi) is 13.6. The molecule has 3 heterocycles. The average molecular weight is 1130 g/mol. The van der Waals surface area contributed by atoms with E-state index >= 15 is 0 Å². The normalized spacial score (nSPS) is 10.7. The van der Waals surface area contributed by atoms with Gasteiger partial charge in [0.2, 0.25) is 17.7 Å². The molecule has 0 saturated heterocycles. The van der Waals surface area contributed by atoms with E-state index in [-0.39, 0.29) is 37.8 Å². The average Bonchev–Trinajstić information content (AvgIpc) is 3.25. The molecule has 7 aromatic rings. The summed E-state index contributed by atoms with van der Waals surface area (Å²) in [4.78, 5) is 60.0. The molecule has 0 fully saturated rings. The van der Waals surface area contributed by atoms with Gasteiger partial charge in [-0.15, -0.1) is 71.3 Å². The summed E-state index contributed by atoms with van der Waals surface area (Å²) in [5.41, 5.74) is 6.68. The van der Waals surface area contributed by atoms with Gasteiger partial charge < -0.3 is 29.7 Å². The monoisotopic (exact) mass is 1130 g/mol. The maximum absolute atomic E-state index is 14.1. The van der Waals surface area contributed by atoms with Crippen molar-refractivity contribution in [3.05, 3.63) is 176 Å². The van der Waals surface area contributed by atoms with Gasteiger partial charge in [0.15, 0.2) is 0 Å². The summed E-state index contributed by atoms with van der Waals surface area (Å²) in [6, 6.07) is 41.7. The summed E-state index contributed by atoms with van der Waals surface area (Å²) in [6.07, 6.45) is 5.08. The summed E-state index contributed by atoms with van der Waals surface area (Å²) in [6.45, 7) is 0. The summed E-state index contributed by atoms with van der Waals surface area (Å²) in [7, 11) is 4.91. The van der Waals surface area contributed by atoms with Gasteiger partial charge in [-0.3, -0.25) is 14.4 Å². The number of anilines is 3. The molecule has 3 aromatic heterocycles. The summed E-state index contributed by atoms with van der Waals surface area (Å²) >= 11 is 10.7. The summed E-state index contributed by atoms with van der Waals surface area (Å²) in [5.74, 6) is -1.04. The minimum atomic E-state index is -0.346. The molecule has 0 saturated carbocycles. The van der Waals surface area contributed by atoms with Crippen molar-refractivity contribution in [3.8, 4) is 33.8 Å². The molecule has 3 amide bonds. The van der Waals surface area contributed by atoms with Crippen LogP contribution in [0.5, 0.6) is 0 Å². The first-order chi connectivity index (χ1) is 27.5. The Morgan fingerprint density at radius 1 is 0.466 bits per heavy atom. The first-order valence-electron chi connectivity index (χ1n) is 17.4. The van der Waals surface area contributed by atoms with Crippen LogP contribution in [0.4, 0.5) is 17.1 Å². The van der Waals surface area contributed by atoms with Gasteiger partial charge in [0, 0.05) is 56.8 Å². The molecule has 0 radical (unpaired) electrons. The first kappa shape index (κ1) is 42.4. The quantitative estimate of drug-likeness (QED) is 0.134. The molecular weight excluding hydrogens is 1100 g/mol. The first-order valence-corrected chi connectivity index (χ1v) is 19.7. The fourth-order valence-corrected chi connectivity index (χ4v) is 7.49. The largest absolute Gasteiger partial charge is 3.00 e. The van der Waals surface area contributed by atoms with Crippen LogP contribution in [0.1, 0.15) is 31.1 Å². The molecule has 0 aliphatic rings. The second-order valence-corrected chi connectivity index (χ2v) is 15.3. The van der Waals surface area contributed by atoms with Gasteiger partial charge in [0.05, 0.1) is 0 Å². The van der Waals surface area contributed by atoms with Gasteiger partial charge in [0.1, 0.15) is 0 Å². The Bertz CT molecular complexity index is 2340. The summed E-state index contributed by atoms with van der Waals surface area (Å²) in [5, 5.41) is 0. The molecule has 9 nitrogen and oxygen atoms in total. The molecule has 288 valence electrons. The van der Waals surface area contributed by atoms with Crippen molar-refractivity contribution in [2.75, 3.05) is 35.8 Å². The van der Waals surface area contributed by atoms with Crippen LogP contribution in [-0.2, 0) is 20.1 Å². The van der Waals surface area contributed by atoms with E-state index in [1.54, 1.807) is 94.3 Å². The van der Waals surface area contributed by atoms with Gasteiger partial charge in [-0.25, -0.2) is 0 Å². The van der Waals surface area contributed by atoms with E-state index in [9.17, 15) is 14.4 Å². The number of rotatable bonds is 9. The molecule has 0 aliphatic carbocycles. The zero-order valence-corrected chi connectivity index (χ0v) is 38.2. The number of hydrogen-bond acceptors (Lipinski definition) is 6. The molecule has 0 atom stereocenters. The van der Waals surface area contributed by atoms with Crippen LogP contribution in [0.25, 0.3) is 33.8 Å². The molecular formula is C45H30Br3IrN6O3. The van der Waals surface area contributed by atoms with E-state index in [1.165, 1.54) is 14.7 Å². The number of benzene rings is 4. The Hall–Kier alpha value is -5.17. The van der Waals surface area contributed by atoms with E-state index < -0.39 is 0 Å². The van der Waals surface area contributed by atoms with Crippen LogP contribution in [0.15, 0.2) is 141 Å². The Labute approximate surface area is 374 Å². The smallest absolute Gasteiger partial charge is 0.319 e. The molecule has 7 rings (SSSR count). The van der Waals surface area contributed by atoms with E-state index in [2.05, 4.69) is 80.9 Å². The minimum absolute atomic E-state index is 0. The van der Waals surface area contributed by atoms with Crippen molar-refractivity contribution in [1.82, 2.24) is 15.0 Å². The predicted octanol–water partition coefficient (Wildman–Crippen LogP) is 10.4. The molecule has 0 spiro atoms. The van der Waals surface area contributed by atoms with Gasteiger partial charge in [-0.2, -0.15) is 0 Å². The number of amides is 3. The van der Waals surface area contributed by atoms with Crippen molar-refractivity contribution < 1.29 is 34.5 Å². The predicted molar refractivity (Wildman–Crippen MR) is 233 cm³/mol. The molecule has 0 aliphatic heterocycles. The SMILES string of the molecule is CN(C(=O)c1c[c-]c(-c2ccccn2)cc1Br)c1cc(N(C)C(=O)c2c[c-]c(-c3ccccn3)cc2Br)cc(N(C)C(=O)c2c[c-]c(-c3ccccn3)cc2Br)c1.[Ir+3]. The van der Waals surface area contributed by atoms with E-state index in [1.807, 2.05) is 54.6 Å². The molecule has 58 heavy (non-hydrogen) atoms. The van der Waals surface area contributed by atoms with E-state index in [0.29, 0.717) is 47.2 Å². The standard InChI is InChI=1S/C45H30Br3N6O3.Ir/c1-52(43(55)34-16-13-28(22-37(34)46)40-10-4-7-19-49-40)31-25-32(53(2)44(56)35-17-14-29(23-38(35)47)41-11-5-8-20-50-41)27-33(26-31)54(3)45(57)36-18-15-30(24-39(36)48)42-12-6-9-21-51-42;/h4-12,16-27H,1-3H3;/q-3;+3. The van der Waals surface area contributed by atoms with Gasteiger partial charge >= 0.3 is 20.1 Å². The van der Waals surface area contributed by atoms with Crippen LogP contribution < -0.4 is 14.7 Å². The third-order valence-electron chi connectivity index (χ3n) is 9.18. The van der Waals surface area contributed by atoms with Gasteiger partial charge in [0.25, 0.3) is 0 Å². The van der Waals surface area contributed by atoms with Crippen molar-refractivity contribution >= 4 is 82.6 Å². The second-order valence-electron chi connectivity index (χ2n) is 12.8. The zero-order chi connectivity index (χ0) is 40.2. The van der Waals surface area contributed by atoms with Crippen molar-refractivity contribution in [2.24, 2.45) is 0 Å². The van der Waals surface area contributed by atoms with Gasteiger partial charge in [-0.05, 0) is 70.2 Å². The third kappa shape index (κ3) is 9.09. The van der Waals surface area contributed by atoms with E-state index in [4.69, 9.17) is 0 Å². The van der Waals surface area contributed by atoms with Crippen molar-refractivity contribution in [2.45, 2.75) is 0 Å². The molecule has 0 N–H and O–H groups in total. The molecule has 0 bridgehead atoms. The second kappa shape index (κ2) is 18.6. The summed E-state index contributed by atoms with van der Waals surface area (Å²) < 4.78 is 1.67. The maximum atomic E-state index is 14.1. The minimum Gasteiger partial charge on any atom is -0.319 e. The van der Waals surface area contributed by atoms with Crippen LogP contribution >= 0.6 is 47.8 Å².